The number of carbonyl (C=O) groups is 1. The topological polar surface area (TPSA) is 80.7 Å². The molecule has 0 spiro atoms. The van der Waals surface area contributed by atoms with Crippen LogP contribution >= 0.6 is 0 Å². The van der Waals surface area contributed by atoms with Crippen LogP contribution in [0.4, 0.5) is 11.4 Å². The van der Waals surface area contributed by atoms with E-state index in [4.69, 9.17) is 14.6 Å². The second kappa shape index (κ2) is 6.68. The third-order valence-electron chi connectivity index (χ3n) is 3.86. The Labute approximate surface area is 145 Å². The van der Waals surface area contributed by atoms with Crippen LogP contribution in [0.15, 0.2) is 42.5 Å². The highest BCUT2D eigenvalue weighted by Gasteiger charge is 2.14. The van der Waals surface area contributed by atoms with Gasteiger partial charge >= 0.3 is 5.97 Å². The molecule has 0 unspecified atom stereocenters. The minimum atomic E-state index is -0.955. The number of benzene rings is 2. The van der Waals surface area contributed by atoms with Crippen LogP contribution in [0, 0.1) is 6.92 Å². The monoisotopic (exact) mass is 338 g/mol. The first kappa shape index (κ1) is 16.6. The highest BCUT2D eigenvalue weighted by atomic mass is 16.5. The number of rotatable bonds is 5. The zero-order chi connectivity index (χ0) is 18.0. The number of methoxy groups -OCH3 is 2. The number of nitrogens with one attached hydrogen (secondary N) is 1. The molecule has 3 rings (SSSR count). The van der Waals surface area contributed by atoms with E-state index in [0.717, 1.165) is 22.5 Å². The third-order valence-corrected chi connectivity index (χ3v) is 3.86. The average molecular weight is 338 g/mol. The normalized spacial score (nSPS) is 10.5. The summed E-state index contributed by atoms with van der Waals surface area (Å²) in [5, 5.41) is 13.1. The summed E-state index contributed by atoms with van der Waals surface area (Å²) >= 11 is 0. The molecule has 2 N–H and O–H groups in total. The molecule has 3 aromatic rings. The quantitative estimate of drug-likeness (QED) is 0.732. The van der Waals surface area contributed by atoms with Gasteiger partial charge in [0, 0.05) is 11.4 Å². The number of aromatic nitrogens is 1. The molecule has 0 atom stereocenters. The van der Waals surface area contributed by atoms with E-state index in [2.05, 4.69) is 10.3 Å². The van der Waals surface area contributed by atoms with Crippen molar-refractivity contribution in [2.24, 2.45) is 0 Å². The van der Waals surface area contributed by atoms with E-state index in [0.29, 0.717) is 17.0 Å². The predicted octanol–water partition coefficient (Wildman–Crippen LogP) is 4.00. The molecule has 0 saturated heterocycles. The lowest BCUT2D eigenvalue weighted by molar-refractivity contribution is 0.0697. The summed E-state index contributed by atoms with van der Waals surface area (Å²) in [4.78, 5) is 15.6. The standard InChI is InChI=1S/C19H18N2O4/c1-11-10-14(21-13-6-4-12(5-7-13)19(22)23)17-15(24-2)8-9-16(25-3)18(17)20-11/h4-10H,1-3H3,(H,20,21)(H,22,23). The number of hydrogen-bond donors (Lipinski definition) is 2. The number of pyridine rings is 1. The van der Waals surface area contributed by atoms with Gasteiger partial charge in [-0.15, -0.1) is 0 Å². The first-order valence-corrected chi connectivity index (χ1v) is 7.66. The minimum Gasteiger partial charge on any atom is -0.496 e. The van der Waals surface area contributed by atoms with Crippen LogP contribution < -0.4 is 14.8 Å². The maximum atomic E-state index is 11.0. The second-order valence-electron chi connectivity index (χ2n) is 5.51. The molecule has 0 amide bonds. The average Bonchev–Trinajstić information content (AvgIpc) is 2.61. The summed E-state index contributed by atoms with van der Waals surface area (Å²) < 4.78 is 10.9. The van der Waals surface area contributed by atoms with E-state index in [-0.39, 0.29) is 5.56 Å². The van der Waals surface area contributed by atoms with Crippen molar-refractivity contribution >= 4 is 28.2 Å². The Morgan fingerprint density at radius 2 is 1.68 bits per heavy atom. The Morgan fingerprint density at radius 1 is 1.04 bits per heavy atom. The van der Waals surface area contributed by atoms with Crippen LogP contribution in [0.25, 0.3) is 10.9 Å². The van der Waals surface area contributed by atoms with E-state index in [1.165, 1.54) is 0 Å². The zero-order valence-electron chi connectivity index (χ0n) is 14.2. The fourth-order valence-corrected chi connectivity index (χ4v) is 2.70. The highest BCUT2D eigenvalue weighted by molar-refractivity contribution is 6.01. The van der Waals surface area contributed by atoms with Gasteiger partial charge in [-0.1, -0.05) is 0 Å². The predicted molar refractivity (Wildman–Crippen MR) is 96.3 cm³/mol. The third kappa shape index (κ3) is 3.19. The molecule has 0 aliphatic heterocycles. The van der Waals surface area contributed by atoms with Gasteiger partial charge in [-0.05, 0) is 49.4 Å². The van der Waals surface area contributed by atoms with Gasteiger partial charge < -0.3 is 19.9 Å². The molecule has 0 saturated carbocycles. The Hall–Kier alpha value is -3.28. The van der Waals surface area contributed by atoms with Crippen molar-refractivity contribution in [2.75, 3.05) is 19.5 Å². The number of anilines is 2. The van der Waals surface area contributed by atoms with Crippen molar-refractivity contribution in [3.05, 3.63) is 53.7 Å². The molecule has 6 heteroatoms. The number of nitrogens with zero attached hydrogens (tertiary/aromatic N) is 1. The van der Waals surface area contributed by atoms with E-state index < -0.39 is 5.97 Å². The number of ether oxygens (including phenoxy) is 2. The maximum Gasteiger partial charge on any atom is 0.335 e. The van der Waals surface area contributed by atoms with Crippen LogP contribution in [-0.2, 0) is 0 Å². The number of carboxylic acid groups (broad SMARTS) is 1. The first-order valence-electron chi connectivity index (χ1n) is 7.66. The molecule has 25 heavy (non-hydrogen) atoms. The molecular formula is C19H18N2O4. The Morgan fingerprint density at radius 3 is 2.28 bits per heavy atom. The maximum absolute atomic E-state index is 11.0. The summed E-state index contributed by atoms with van der Waals surface area (Å²) in [5.41, 5.74) is 3.33. The van der Waals surface area contributed by atoms with Crippen LogP contribution in [-0.4, -0.2) is 30.3 Å². The molecule has 0 aliphatic carbocycles. The van der Waals surface area contributed by atoms with Crippen molar-refractivity contribution in [3.8, 4) is 11.5 Å². The largest absolute Gasteiger partial charge is 0.496 e. The molecule has 6 nitrogen and oxygen atoms in total. The minimum absolute atomic E-state index is 0.237. The molecule has 0 radical (unpaired) electrons. The number of carboxylic acids is 1. The Bertz CT molecular complexity index is 936. The van der Waals surface area contributed by atoms with E-state index >= 15 is 0 Å². The van der Waals surface area contributed by atoms with Crippen LogP contribution in [0.3, 0.4) is 0 Å². The Balaban J connectivity index is 2.13. The lowest BCUT2D eigenvalue weighted by atomic mass is 10.1. The van der Waals surface area contributed by atoms with Gasteiger partial charge in [0.05, 0.1) is 30.9 Å². The van der Waals surface area contributed by atoms with Crippen LogP contribution in [0.5, 0.6) is 11.5 Å². The number of hydrogen-bond acceptors (Lipinski definition) is 5. The van der Waals surface area contributed by atoms with Crippen molar-refractivity contribution in [3.63, 3.8) is 0 Å². The lowest BCUT2D eigenvalue weighted by Gasteiger charge is -2.15. The van der Waals surface area contributed by atoms with Gasteiger partial charge in [-0.2, -0.15) is 0 Å². The van der Waals surface area contributed by atoms with Gasteiger partial charge in [0.1, 0.15) is 17.0 Å². The van der Waals surface area contributed by atoms with Crippen LogP contribution in [0.1, 0.15) is 16.1 Å². The molecule has 128 valence electrons. The Kier molecular flexibility index (Phi) is 4.43. The number of aromatic carboxylic acids is 1. The molecule has 2 aromatic carbocycles. The van der Waals surface area contributed by atoms with Crippen LogP contribution in [0.2, 0.25) is 0 Å². The zero-order valence-corrected chi connectivity index (χ0v) is 14.2. The molecular weight excluding hydrogens is 320 g/mol. The summed E-state index contributed by atoms with van der Waals surface area (Å²) in [6, 6.07) is 12.1. The van der Waals surface area contributed by atoms with E-state index in [1.54, 1.807) is 38.5 Å². The summed E-state index contributed by atoms with van der Waals surface area (Å²) in [5.74, 6) is 0.375. The second-order valence-corrected chi connectivity index (χ2v) is 5.51. The molecule has 0 fully saturated rings. The fraction of sp³-hybridized carbons (Fsp3) is 0.158. The number of fused-ring (bicyclic) bond motifs is 1. The van der Waals surface area contributed by atoms with E-state index in [9.17, 15) is 4.79 Å². The summed E-state index contributed by atoms with van der Waals surface area (Å²) in [7, 11) is 3.20. The van der Waals surface area contributed by atoms with Gasteiger partial charge in [0.15, 0.2) is 0 Å². The number of aryl methyl sites for hydroxylation is 1. The smallest absolute Gasteiger partial charge is 0.335 e. The van der Waals surface area contributed by atoms with Gasteiger partial charge in [0.2, 0.25) is 0 Å². The van der Waals surface area contributed by atoms with E-state index in [1.807, 2.05) is 25.1 Å². The van der Waals surface area contributed by atoms with Gasteiger partial charge in [-0.3, -0.25) is 0 Å². The highest BCUT2D eigenvalue weighted by Crippen LogP contribution is 2.38. The molecule has 1 aromatic heterocycles. The fourth-order valence-electron chi connectivity index (χ4n) is 2.70. The lowest BCUT2D eigenvalue weighted by Crippen LogP contribution is -2.00. The van der Waals surface area contributed by atoms with Gasteiger partial charge in [0.25, 0.3) is 0 Å². The SMILES string of the molecule is COc1ccc(OC)c2c(Nc3ccc(C(=O)O)cc3)cc(C)nc12. The van der Waals surface area contributed by atoms with Crippen molar-refractivity contribution in [1.29, 1.82) is 0 Å². The van der Waals surface area contributed by atoms with Crippen molar-refractivity contribution in [1.82, 2.24) is 4.98 Å². The summed E-state index contributed by atoms with van der Waals surface area (Å²) in [6.45, 7) is 1.90. The molecule has 1 heterocycles. The molecule has 0 bridgehead atoms. The van der Waals surface area contributed by atoms with Gasteiger partial charge in [-0.25, -0.2) is 9.78 Å². The first-order chi connectivity index (χ1) is 12.0. The van der Waals surface area contributed by atoms with Crippen molar-refractivity contribution < 1.29 is 19.4 Å². The van der Waals surface area contributed by atoms with Crippen molar-refractivity contribution in [2.45, 2.75) is 6.92 Å². The summed E-state index contributed by atoms with van der Waals surface area (Å²) in [6.07, 6.45) is 0. The molecule has 0 aliphatic rings.